The molecule has 0 bridgehead atoms. The average molecular weight is 154 g/mol. The topological polar surface area (TPSA) is 29.3 Å². The van der Waals surface area contributed by atoms with Crippen LogP contribution in [0.5, 0.6) is 0 Å². The van der Waals surface area contributed by atoms with Crippen molar-refractivity contribution in [2.45, 2.75) is 38.3 Å². The molecule has 2 heteroatoms. The van der Waals surface area contributed by atoms with Gasteiger partial charge in [-0.05, 0) is 45.2 Å². The van der Waals surface area contributed by atoms with Crippen LogP contribution in [-0.4, -0.2) is 30.1 Å². The Balaban J connectivity index is 2.03. The Kier molecular flexibility index (Phi) is 1.90. The molecule has 0 aliphatic carbocycles. The molecule has 2 saturated heterocycles. The van der Waals surface area contributed by atoms with Crippen LogP contribution in [0.25, 0.3) is 0 Å². The molecule has 2 rings (SSSR count). The van der Waals surface area contributed by atoms with E-state index in [9.17, 15) is 0 Å². The van der Waals surface area contributed by atoms with Gasteiger partial charge in [0.25, 0.3) is 0 Å². The van der Waals surface area contributed by atoms with E-state index < -0.39 is 0 Å². The molecule has 64 valence electrons. The molecule has 0 aromatic carbocycles. The lowest BCUT2D eigenvalue weighted by Crippen LogP contribution is -2.35. The first-order valence-electron chi connectivity index (χ1n) is 4.78. The summed E-state index contributed by atoms with van der Waals surface area (Å²) < 4.78 is 0. The molecule has 11 heavy (non-hydrogen) atoms. The van der Waals surface area contributed by atoms with Gasteiger partial charge in [-0.1, -0.05) is 0 Å². The van der Waals surface area contributed by atoms with Gasteiger partial charge in [-0.2, -0.15) is 0 Å². The van der Waals surface area contributed by atoms with Crippen molar-refractivity contribution in [2.24, 2.45) is 11.7 Å². The molecule has 2 aliphatic rings. The third-order valence-electron chi connectivity index (χ3n) is 3.33. The molecule has 3 atom stereocenters. The van der Waals surface area contributed by atoms with Gasteiger partial charge < -0.3 is 10.6 Å². The molecule has 2 fully saturated rings. The number of nitrogens with two attached hydrogens (primary N) is 1. The van der Waals surface area contributed by atoms with Crippen molar-refractivity contribution in [2.75, 3.05) is 13.1 Å². The van der Waals surface area contributed by atoms with Gasteiger partial charge in [0.05, 0.1) is 0 Å². The summed E-state index contributed by atoms with van der Waals surface area (Å²) in [5.74, 6) is 0.789. The van der Waals surface area contributed by atoms with Crippen LogP contribution in [0.1, 0.15) is 26.2 Å². The molecule has 2 heterocycles. The molecule has 2 aliphatic heterocycles. The molecule has 0 amide bonds. The number of hydrogen-bond donors (Lipinski definition) is 1. The van der Waals surface area contributed by atoms with E-state index in [1.807, 2.05) is 0 Å². The van der Waals surface area contributed by atoms with Crippen molar-refractivity contribution < 1.29 is 0 Å². The third kappa shape index (κ3) is 1.18. The first-order chi connectivity index (χ1) is 5.29. The molecular formula is C9H18N2. The summed E-state index contributed by atoms with van der Waals surface area (Å²) in [5.41, 5.74) is 5.93. The monoisotopic (exact) mass is 154 g/mol. The lowest BCUT2D eigenvalue weighted by atomic mass is 9.92. The van der Waals surface area contributed by atoms with E-state index in [2.05, 4.69) is 11.8 Å². The minimum absolute atomic E-state index is 0.406. The van der Waals surface area contributed by atoms with Crippen LogP contribution in [0.15, 0.2) is 0 Å². The first-order valence-corrected chi connectivity index (χ1v) is 4.78. The molecule has 2 nitrogen and oxygen atoms in total. The highest BCUT2D eigenvalue weighted by Crippen LogP contribution is 2.33. The third-order valence-corrected chi connectivity index (χ3v) is 3.33. The van der Waals surface area contributed by atoms with E-state index in [-0.39, 0.29) is 0 Å². The van der Waals surface area contributed by atoms with E-state index in [1.165, 1.54) is 32.4 Å². The molecule has 0 saturated carbocycles. The SMILES string of the molecule is CC(N)[C@@H]1CCN2CCCC12. The van der Waals surface area contributed by atoms with Crippen molar-refractivity contribution in [3.05, 3.63) is 0 Å². The van der Waals surface area contributed by atoms with Crippen LogP contribution in [0.2, 0.25) is 0 Å². The van der Waals surface area contributed by atoms with Crippen LogP contribution < -0.4 is 5.73 Å². The fraction of sp³-hybridized carbons (Fsp3) is 1.00. The van der Waals surface area contributed by atoms with Crippen LogP contribution in [0.4, 0.5) is 0 Å². The summed E-state index contributed by atoms with van der Waals surface area (Å²) in [6.45, 7) is 4.79. The van der Waals surface area contributed by atoms with E-state index in [0.717, 1.165) is 12.0 Å². The van der Waals surface area contributed by atoms with Crippen LogP contribution >= 0.6 is 0 Å². The van der Waals surface area contributed by atoms with Gasteiger partial charge in [0.2, 0.25) is 0 Å². The second-order valence-corrected chi connectivity index (χ2v) is 4.06. The number of nitrogens with zero attached hydrogens (tertiary/aromatic N) is 1. The van der Waals surface area contributed by atoms with Gasteiger partial charge >= 0.3 is 0 Å². The Morgan fingerprint density at radius 3 is 2.91 bits per heavy atom. The van der Waals surface area contributed by atoms with Crippen molar-refractivity contribution in [1.29, 1.82) is 0 Å². The Bertz CT molecular complexity index is 144. The number of fused-ring (bicyclic) bond motifs is 1. The summed E-state index contributed by atoms with van der Waals surface area (Å²) in [4.78, 5) is 2.62. The van der Waals surface area contributed by atoms with E-state index in [0.29, 0.717) is 6.04 Å². The molecule has 0 aromatic heterocycles. The predicted molar refractivity (Wildman–Crippen MR) is 46.4 cm³/mol. The van der Waals surface area contributed by atoms with E-state index >= 15 is 0 Å². The zero-order valence-corrected chi connectivity index (χ0v) is 7.29. The summed E-state index contributed by atoms with van der Waals surface area (Å²) in [6.07, 6.45) is 4.13. The highest BCUT2D eigenvalue weighted by atomic mass is 15.2. The second-order valence-electron chi connectivity index (χ2n) is 4.06. The fourth-order valence-electron chi connectivity index (χ4n) is 2.73. The molecule has 0 spiro atoms. The fourth-order valence-corrected chi connectivity index (χ4v) is 2.73. The maximum atomic E-state index is 5.93. The standard InChI is InChI=1S/C9H18N2/c1-7(10)8-4-6-11-5-2-3-9(8)11/h7-9H,2-6,10H2,1H3/t7?,8-,9?/m0/s1. The summed E-state index contributed by atoms with van der Waals surface area (Å²) in [6, 6.07) is 1.25. The Morgan fingerprint density at radius 2 is 2.18 bits per heavy atom. The van der Waals surface area contributed by atoms with Gasteiger partial charge in [-0.25, -0.2) is 0 Å². The smallest absolute Gasteiger partial charge is 0.0139 e. The van der Waals surface area contributed by atoms with Crippen molar-refractivity contribution in [1.82, 2.24) is 4.90 Å². The zero-order valence-electron chi connectivity index (χ0n) is 7.29. The summed E-state index contributed by atoms with van der Waals surface area (Å²) in [5, 5.41) is 0. The van der Waals surface area contributed by atoms with E-state index in [4.69, 9.17) is 5.73 Å². The highest BCUT2D eigenvalue weighted by molar-refractivity contribution is 4.94. The van der Waals surface area contributed by atoms with Gasteiger partial charge in [0.1, 0.15) is 0 Å². The van der Waals surface area contributed by atoms with Crippen molar-refractivity contribution >= 4 is 0 Å². The maximum Gasteiger partial charge on any atom is 0.0139 e. The summed E-state index contributed by atoms with van der Waals surface area (Å²) in [7, 11) is 0. The second kappa shape index (κ2) is 2.76. The van der Waals surface area contributed by atoms with Gasteiger partial charge in [0.15, 0.2) is 0 Å². The van der Waals surface area contributed by atoms with Crippen LogP contribution in [0.3, 0.4) is 0 Å². The molecule has 0 radical (unpaired) electrons. The van der Waals surface area contributed by atoms with Crippen molar-refractivity contribution in [3.63, 3.8) is 0 Å². The Morgan fingerprint density at radius 1 is 1.36 bits per heavy atom. The average Bonchev–Trinajstić information content (AvgIpc) is 2.41. The number of hydrogen-bond acceptors (Lipinski definition) is 2. The maximum absolute atomic E-state index is 5.93. The molecular weight excluding hydrogens is 136 g/mol. The lowest BCUT2D eigenvalue weighted by Gasteiger charge is -2.22. The van der Waals surface area contributed by atoms with Gasteiger partial charge in [-0.15, -0.1) is 0 Å². The van der Waals surface area contributed by atoms with Crippen LogP contribution in [-0.2, 0) is 0 Å². The minimum atomic E-state index is 0.406. The first kappa shape index (κ1) is 7.56. The predicted octanol–water partition coefficient (Wildman–Crippen LogP) is 0.818. The summed E-state index contributed by atoms with van der Waals surface area (Å²) >= 11 is 0. The molecule has 2 unspecified atom stereocenters. The van der Waals surface area contributed by atoms with Gasteiger partial charge in [0, 0.05) is 12.1 Å². The van der Waals surface area contributed by atoms with Crippen molar-refractivity contribution in [3.8, 4) is 0 Å². The van der Waals surface area contributed by atoms with Crippen LogP contribution in [0, 0.1) is 5.92 Å². The highest BCUT2D eigenvalue weighted by Gasteiger charge is 2.38. The largest absolute Gasteiger partial charge is 0.328 e. The molecule has 0 aromatic rings. The Labute approximate surface area is 68.7 Å². The zero-order chi connectivity index (χ0) is 7.84. The number of rotatable bonds is 1. The minimum Gasteiger partial charge on any atom is -0.328 e. The Hall–Kier alpha value is -0.0800. The quantitative estimate of drug-likeness (QED) is 0.606. The van der Waals surface area contributed by atoms with E-state index in [1.54, 1.807) is 0 Å². The van der Waals surface area contributed by atoms with Gasteiger partial charge in [-0.3, -0.25) is 0 Å². The molecule has 2 N–H and O–H groups in total. The lowest BCUT2D eigenvalue weighted by molar-refractivity contribution is 0.275. The normalized spacial score (nSPS) is 40.9.